The van der Waals surface area contributed by atoms with E-state index in [4.69, 9.17) is 4.42 Å². The fraction of sp³-hybridized carbons (Fsp3) is 0.353. The van der Waals surface area contributed by atoms with Gasteiger partial charge in [-0.05, 0) is 31.2 Å². The van der Waals surface area contributed by atoms with Crippen molar-refractivity contribution in [3.05, 3.63) is 46.0 Å². The molecule has 0 atom stereocenters. The van der Waals surface area contributed by atoms with Crippen LogP contribution in [0.3, 0.4) is 0 Å². The van der Waals surface area contributed by atoms with E-state index in [0.29, 0.717) is 36.8 Å². The summed E-state index contributed by atoms with van der Waals surface area (Å²) < 4.78 is 5.11. The van der Waals surface area contributed by atoms with Crippen molar-refractivity contribution in [1.29, 1.82) is 0 Å². The van der Waals surface area contributed by atoms with Crippen LogP contribution in [0, 0.1) is 6.92 Å². The van der Waals surface area contributed by atoms with Gasteiger partial charge in [0.05, 0.1) is 17.7 Å². The van der Waals surface area contributed by atoms with Crippen LogP contribution in [-0.4, -0.2) is 60.2 Å². The monoisotopic (exact) mass is 361 g/mol. The van der Waals surface area contributed by atoms with Crippen molar-refractivity contribution in [3.8, 4) is 0 Å². The van der Waals surface area contributed by atoms with Gasteiger partial charge >= 0.3 is 0 Å². The molecule has 1 saturated heterocycles. The van der Waals surface area contributed by atoms with Crippen LogP contribution in [0.1, 0.15) is 25.1 Å². The van der Waals surface area contributed by atoms with E-state index in [1.165, 1.54) is 17.6 Å². The van der Waals surface area contributed by atoms with Crippen LogP contribution in [0.4, 0.5) is 0 Å². The molecular weight excluding hydrogens is 342 g/mol. The molecule has 0 spiro atoms. The van der Waals surface area contributed by atoms with Gasteiger partial charge in [-0.2, -0.15) is 0 Å². The first kappa shape index (κ1) is 17.2. The molecule has 3 amide bonds. The zero-order valence-electron chi connectivity index (χ0n) is 13.9. The topological polar surface area (TPSA) is 82.9 Å². The summed E-state index contributed by atoms with van der Waals surface area (Å²) >= 11 is 1.40. The Balaban J connectivity index is 1.45. The van der Waals surface area contributed by atoms with Crippen LogP contribution in [0.15, 0.2) is 34.9 Å². The van der Waals surface area contributed by atoms with Gasteiger partial charge < -0.3 is 19.5 Å². The van der Waals surface area contributed by atoms with Gasteiger partial charge in [0.15, 0.2) is 5.76 Å². The quantitative estimate of drug-likeness (QED) is 0.891. The van der Waals surface area contributed by atoms with Gasteiger partial charge in [0.25, 0.3) is 11.8 Å². The summed E-state index contributed by atoms with van der Waals surface area (Å²) in [5.41, 5.74) is 0. The zero-order valence-corrected chi connectivity index (χ0v) is 14.7. The highest BCUT2D eigenvalue weighted by atomic mass is 32.1. The molecule has 2 aromatic rings. The van der Waals surface area contributed by atoms with E-state index >= 15 is 0 Å². The number of carbonyl (C=O) groups is 3. The van der Waals surface area contributed by atoms with Gasteiger partial charge in [-0.1, -0.05) is 0 Å². The molecule has 1 fully saturated rings. The summed E-state index contributed by atoms with van der Waals surface area (Å²) in [4.78, 5) is 41.4. The lowest BCUT2D eigenvalue weighted by Gasteiger charge is -2.34. The maximum absolute atomic E-state index is 12.2. The number of amides is 3. The van der Waals surface area contributed by atoms with Crippen molar-refractivity contribution in [2.75, 3.05) is 32.7 Å². The number of hydrogen-bond acceptors (Lipinski definition) is 5. The number of furan rings is 1. The lowest BCUT2D eigenvalue weighted by Crippen LogP contribution is -2.52. The summed E-state index contributed by atoms with van der Waals surface area (Å²) in [6, 6.07) is 6.92. The first-order chi connectivity index (χ1) is 12.0. The maximum atomic E-state index is 12.2. The van der Waals surface area contributed by atoms with Crippen molar-refractivity contribution in [3.63, 3.8) is 0 Å². The van der Waals surface area contributed by atoms with Gasteiger partial charge in [0.1, 0.15) is 0 Å². The fourth-order valence-corrected chi connectivity index (χ4v) is 3.41. The average Bonchev–Trinajstić information content (AvgIpc) is 3.30. The molecule has 1 aliphatic heterocycles. The van der Waals surface area contributed by atoms with Crippen LogP contribution in [0.5, 0.6) is 0 Å². The second-order valence-electron chi connectivity index (χ2n) is 5.74. The molecule has 2 aromatic heterocycles. The van der Waals surface area contributed by atoms with Gasteiger partial charge in [-0.15, -0.1) is 11.3 Å². The molecule has 0 aromatic carbocycles. The predicted molar refractivity (Wildman–Crippen MR) is 92.6 cm³/mol. The zero-order chi connectivity index (χ0) is 17.8. The van der Waals surface area contributed by atoms with Crippen molar-refractivity contribution in [2.45, 2.75) is 6.92 Å². The normalized spacial score (nSPS) is 14.4. The molecule has 0 bridgehead atoms. The number of nitrogens with one attached hydrogen (secondary N) is 1. The minimum Gasteiger partial charge on any atom is -0.459 e. The van der Waals surface area contributed by atoms with Gasteiger partial charge in [0.2, 0.25) is 5.91 Å². The van der Waals surface area contributed by atoms with Crippen molar-refractivity contribution < 1.29 is 18.8 Å². The van der Waals surface area contributed by atoms with Crippen LogP contribution < -0.4 is 5.32 Å². The average molecular weight is 361 g/mol. The standard InChI is InChI=1S/C17H19N3O4S/c1-12-4-5-14(25-12)16(22)18-11-15(21)19-6-8-20(9-7-19)17(23)13-3-2-10-24-13/h2-5,10H,6-9,11H2,1H3,(H,18,22). The first-order valence-electron chi connectivity index (χ1n) is 8.00. The second kappa shape index (κ2) is 7.52. The molecule has 0 aliphatic carbocycles. The van der Waals surface area contributed by atoms with Gasteiger partial charge in [-0.25, -0.2) is 0 Å². The Morgan fingerprint density at radius 2 is 1.84 bits per heavy atom. The SMILES string of the molecule is Cc1ccc(C(=O)NCC(=O)N2CCN(C(=O)c3ccco3)CC2)s1. The Morgan fingerprint density at radius 1 is 1.12 bits per heavy atom. The number of nitrogens with zero attached hydrogens (tertiary/aromatic N) is 2. The third-order valence-corrected chi connectivity index (χ3v) is 5.02. The molecule has 0 unspecified atom stereocenters. The van der Waals surface area contributed by atoms with Crippen LogP contribution >= 0.6 is 11.3 Å². The summed E-state index contributed by atoms with van der Waals surface area (Å²) in [7, 11) is 0. The Hall–Kier alpha value is -2.61. The highest BCUT2D eigenvalue weighted by molar-refractivity contribution is 7.13. The molecule has 1 N–H and O–H groups in total. The number of aryl methyl sites for hydroxylation is 1. The first-order valence-corrected chi connectivity index (χ1v) is 8.81. The highest BCUT2D eigenvalue weighted by Crippen LogP contribution is 2.14. The molecule has 7 nitrogen and oxygen atoms in total. The molecular formula is C17H19N3O4S. The Morgan fingerprint density at radius 3 is 2.44 bits per heavy atom. The number of carbonyl (C=O) groups excluding carboxylic acids is 3. The number of piperazine rings is 1. The van der Waals surface area contributed by atoms with E-state index < -0.39 is 0 Å². The lowest BCUT2D eigenvalue weighted by atomic mass is 10.2. The van der Waals surface area contributed by atoms with E-state index in [0.717, 1.165) is 4.88 Å². The third kappa shape index (κ3) is 4.08. The molecule has 3 heterocycles. The number of rotatable bonds is 4. The van der Waals surface area contributed by atoms with E-state index in [2.05, 4.69) is 5.32 Å². The summed E-state index contributed by atoms with van der Waals surface area (Å²) in [6.45, 7) is 3.67. The van der Waals surface area contributed by atoms with Gasteiger partial charge in [0, 0.05) is 31.1 Å². The minimum atomic E-state index is -0.238. The molecule has 0 saturated carbocycles. The summed E-state index contributed by atoms with van der Waals surface area (Å²) in [5.74, 6) is -0.249. The van der Waals surface area contributed by atoms with Crippen molar-refractivity contribution >= 4 is 29.1 Å². The Kier molecular flexibility index (Phi) is 5.18. The predicted octanol–water partition coefficient (Wildman–Crippen LogP) is 1.36. The Labute approximate surface area is 149 Å². The molecule has 3 rings (SSSR count). The second-order valence-corrected chi connectivity index (χ2v) is 7.03. The molecule has 8 heteroatoms. The maximum Gasteiger partial charge on any atom is 0.289 e. The van der Waals surface area contributed by atoms with Crippen LogP contribution in [-0.2, 0) is 4.79 Å². The molecule has 25 heavy (non-hydrogen) atoms. The fourth-order valence-electron chi connectivity index (χ4n) is 2.63. The van der Waals surface area contributed by atoms with E-state index in [-0.39, 0.29) is 24.3 Å². The van der Waals surface area contributed by atoms with E-state index in [1.54, 1.807) is 28.0 Å². The van der Waals surface area contributed by atoms with Crippen molar-refractivity contribution in [2.24, 2.45) is 0 Å². The summed E-state index contributed by atoms with van der Waals surface area (Å²) in [5, 5.41) is 2.65. The number of thiophene rings is 1. The Bertz CT molecular complexity index is 761. The highest BCUT2D eigenvalue weighted by Gasteiger charge is 2.26. The smallest absolute Gasteiger partial charge is 0.289 e. The minimum absolute atomic E-state index is 0.0398. The summed E-state index contributed by atoms with van der Waals surface area (Å²) in [6.07, 6.45) is 1.46. The van der Waals surface area contributed by atoms with E-state index in [9.17, 15) is 14.4 Å². The number of hydrogen-bond donors (Lipinski definition) is 1. The van der Waals surface area contributed by atoms with Crippen molar-refractivity contribution in [1.82, 2.24) is 15.1 Å². The van der Waals surface area contributed by atoms with Crippen LogP contribution in [0.25, 0.3) is 0 Å². The van der Waals surface area contributed by atoms with Gasteiger partial charge in [-0.3, -0.25) is 14.4 Å². The lowest BCUT2D eigenvalue weighted by molar-refractivity contribution is -0.131. The molecule has 132 valence electrons. The van der Waals surface area contributed by atoms with Crippen LogP contribution in [0.2, 0.25) is 0 Å². The molecule has 0 radical (unpaired) electrons. The third-order valence-electron chi connectivity index (χ3n) is 4.02. The molecule has 1 aliphatic rings. The van der Waals surface area contributed by atoms with E-state index in [1.807, 2.05) is 13.0 Å². The largest absolute Gasteiger partial charge is 0.459 e.